The van der Waals surface area contributed by atoms with Gasteiger partial charge in [0, 0.05) is 54.5 Å². The monoisotopic (exact) mass is 594 g/mol. The fourth-order valence-electron chi connectivity index (χ4n) is 5.80. The summed E-state index contributed by atoms with van der Waals surface area (Å²) in [7, 11) is -5.71. The third-order valence-corrected chi connectivity index (χ3v) is 9.59. The minimum absolute atomic E-state index is 0.0939. The molecule has 2 aromatic carbocycles. The number of carbonyl (C=O) groups is 2. The number of piperidine rings is 1. The Bertz CT molecular complexity index is 1590. The van der Waals surface area contributed by atoms with E-state index in [4.69, 9.17) is 0 Å². The van der Waals surface area contributed by atoms with Crippen LogP contribution in [-0.4, -0.2) is 61.3 Å². The highest BCUT2D eigenvalue weighted by molar-refractivity contribution is 7.93. The highest BCUT2D eigenvalue weighted by Crippen LogP contribution is 2.50. The number of benzene rings is 2. The Morgan fingerprint density at radius 1 is 1.10 bits per heavy atom. The van der Waals surface area contributed by atoms with E-state index in [1.54, 1.807) is 20.0 Å². The van der Waals surface area contributed by atoms with Gasteiger partial charge in [0.05, 0.1) is 5.69 Å². The number of hydrogen-bond donors (Lipinski definition) is 2. The summed E-state index contributed by atoms with van der Waals surface area (Å²) in [4.78, 5) is 31.1. The maximum atomic E-state index is 14.2. The summed E-state index contributed by atoms with van der Waals surface area (Å²) in [5.74, 6) is -1.71. The predicted octanol–water partition coefficient (Wildman–Crippen LogP) is 4.22. The first-order valence-electron chi connectivity index (χ1n) is 13.3. The number of anilines is 1. The van der Waals surface area contributed by atoms with Crippen LogP contribution in [0.15, 0.2) is 48.7 Å². The molecule has 2 N–H and O–H groups in total. The van der Waals surface area contributed by atoms with Crippen LogP contribution in [0.4, 0.5) is 23.2 Å². The lowest BCUT2D eigenvalue weighted by Gasteiger charge is -2.41. The van der Waals surface area contributed by atoms with Crippen molar-refractivity contribution in [1.82, 2.24) is 15.2 Å². The fraction of sp³-hybridized carbons (Fsp3) is 0.429. The topological polar surface area (TPSA) is 103 Å². The second kappa shape index (κ2) is 10.3. The molecule has 3 aromatic rings. The quantitative estimate of drug-likeness (QED) is 0.418. The lowest BCUT2D eigenvalue weighted by molar-refractivity contribution is -0.138. The third-order valence-electron chi connectivity index (χ3n) is 8.10. The molecule has 41 heavy (non-hydrogen) atoms. The number of halogens is 4. The highest BCUT2D eigenvalue weighted by Gasteiger charge is 2.57. The van der Waals surface area contributed by atoms with Gasteiger partial charge in [0.2, 0.25) is 11.8 Å². The zero-order valence-corrected chi connectivity index (χ0v) is 23.3. The van der Waals surface area contributed by atoms with Gasteiger partial charge in [0.1, 0.15) is 11.9 Å². The number of rotatable bonds is 6. The number of aromatic nitrogens is 1. The van der Waals surface area contributed by atoms with Crippen LogP contribution in [0, 0.1) is 11.7 Å². The van der Waals surface area contributed by atoms with E-state index in [-0.39, 0.29) is 61.3 Å². The van der Waals surface area contributed by atoms with Gasteiger partial charge in [-0.2, -0.15) is 21.6 Å². The summed E-state index contributed by atoms with van der Waals surface area (Å²) in [5, 5.41) is 3.75. The maximum Gasteiger partial charge on any atom is 0.516 e. The van der Waals surface area contributed by atoms with Gasteiger partial charge in [-0.25, -0.2) is 4.39 Å². The van der Waals surface area contributed by atoms with Crippen molar-refractivity contribution in [3.05, 3.63) is 65.6 Å². The van der Waals surface area contributed by atoms with Gasteiger partial charge >= 0.3 is 15.5 Å². The maximum absolute atomic E-state index is 14.2. The van der Waals surface area contributed by atoms with Gasteiger partial charge in [-0.1, -0.05) is 32.0 Å². The molecule has 1 fully saturated rings. The van der Waals surface area contributed by atoms with E-state index >= 15 is 0 Å². The first-order valence-corrected chi connectivity index (χ1v) is 14.7. The van der Waals surface area contributed by atoms with Crippen LogP contribution in [-0.2, 0) is 31.4 Å². The average Bonchev–Trinajstić information content (AvgIpc) is 3.47. The number of para-hydroxylation sites is 1. The SMILES string of the molecule is CC(C)C(=O)N[C@H](Cc1c[nH]c2ccccc12)C(=O)N1CCC2(CC1)CN(S(=O)(=O)C(F)(F)F)c1ccc(F)cc12. The molecule has 2 aliphatic heterocycles. The zero-order valence-electron chi connectivity index (χ0n) is 22.5. The molecule has 8 nitrogen and oxygen atoms in total. The second-order valence-electron chi connectivity index (χ2n) is 11.0. The minimum Gasteiger partial charge on any atom is -0.361 e. The first-order chi connectivity index (χ1) is 19.2. The third kappa shape index (κ3) is 5.15. The Hall–Kier alpha value is -3.61. The van der Waals surface area contributed by atoms with E-state index in [1.807, 2.05) is 24.3 Å². The van der Waals surface area contributed by atoms with Crippen molar-refractivity contribution < 1.29 is 35.6 Å². The first kappa shape index (κ1) is 28.9. The molecule has 5 rings (SSSR count). The number of alkyl halides is 3. The number of carbonyl (C=O) groups excluding carboxylic acids is 2. The van der Waals surface area contributed by atoms with Crippen LogP contribution in [0.3, 0.4) is 0 Å². The van der Waals surface area contributed by atoms with Crippen LogP contribution < -0.4 is 9.62 Å². The van der Waals surface area contributed by atoms with Crippen LogP contribution in [0.25, 0.3) is 10.9 Å². The molecule has 3 heterocycles. The van der Waals surface area contributed by atoms with Crippen LogP contribution in [0.5, 0.6) is 0 Å². The normalized spacial score (nSPS) is 17.7. The highest BCUT2D eigenvalue weighted by atomic mass is 32.2. The van der Waals surface area contributed by atoms with Gasteiger partial charge in [-0.05, 0) is 48.2 Å². The summed E-state index contributed by atoms with van der Waals surface area (Å²) >= 11 is 0. The number of sulfonamides is 1. The Morgan fingerprint density at radius 3 is 2.44 bits per heavy atom. The molecule has 1 spiro atoms. The Morgan fingerprint density at radius 2 is 1.78 bits per heavy atom. The summed E-state index contributed by atoms with van der Waals surface area (Å²) in [6.07, 6.45) is 2.25. The number of hydrogen-bond acceptors (Lipinski definition) is 4. The zero-order chi connectivity index (χ0) is 29.7. The molecule has 1 aromatic heterocycles. The molecular formula is C28H30F4N4O4S. The van der Waals surface area contributed by atoms with E-state index in [2.05, 4.69) is 10.3 Å². The van der Waals surface area contributed by atoms with Gasteiger partial charge in [-0.15, -0.1) is 0 Å². The summed E-state index contributed by atoms with van der Waals surface area (Å²) in [5.41, 5.74) is -4.92. The Balaban J connectivity index is 1.39. The number of nitrogens with one attached hydrogen (secondary N) is 2. The standard InChI is InChI=1S/C28H30F4N4O4S/c1-17(2)25(37)34-23(13-18-15-33-22-6-4-3-5-20(18)22)26(38)35-11-9-27(10-12-35)16-36(41(39,40)28(30,31)32)24-8-7-19(29)14-21(24)27/h3-8,14-15,17,23,33H,9-13,16H2,1-2H3,(H,34,37)/t23-/m1/s1. The number of aromatic amines is 1. The lowest BCUT2D eigenvalue weighted by Crippen LogP contribution is -2.55. The smallest absolute Gasteiger partial charge is 0.361 e. The molecular weight excluding hydrogens is 564 g/mol. The van der Waals surface area contributed by atoms with E-state index in [1.165, 1.54) is 4.90 Å². The van der Waals surface area contributed by atoms with Crippen LogP contribution >= 0.6 is 0 Å². The number of nitrogens with zero attached hydrogens (tertiary/aromatic N) is 2. The van der Waals surface area contributed by atoms with Crippen LogP contribution in [0.1, 0.15) is 37.8 Å². The largest absolute Gasteiger partial charge is 0.516 e. The van der Waals surface area contributed by atoms with Crippen LogP contribution in [0.2, 0.25) is 0 Å². The van der Waals surface area contributed by atoms with Crippen molar-refractivity contribution in [2.24, 2.45) is 5.92 Å². The number of likely N-dealkylation sites (tertiary alicyclic amines) is 1. The Labute approximate surface area is 234 Å². The van der Waals surface area contributed by atoms with Gasteiger partial charge in [-0.3, -0.25) is 13.9 Å². The minimum atomic E-state index is -5.71. The van der Waals surface area contributed by atoms with Gasteiger partial charge in [0.15, 0.2) is 0 Å². The molecule has 0 unspecified atom stereocenters. The van der Waals surface area contributed by atoms with Crippen molar-refractivity contribution in [2.75, 3.05) is 23.9 Å². The van der Waals surface area contributed by atoms with Crippen molar-refractivity contribution in [3.63, 3.8) is 0 Å². The Kier molecular flexibility index (Phi) is 7.29. The van der Waals surface area contributed by atoms with Gasteiger partial charge in [0.25, 0.3) is 0 Å². The average molecular weight is 595 g/mol. The molecule has 1 saturated heterocycles. The van der Waals surface area contributed by atoms with Gasteiger partial charge < -0.3 is 15.2 Å². The molecule has 0 aliphatic carbocycles. The van der Waals surface area contributed by atoms with Crippen molar-refractivity contribution >= 4 is 38.4 Å². The number of fused-ring (bicyclic) bond motifs is 3. The molecule has 1 atom stereocenters. The molecule has 0 saturated carbocycles. The fourth-order valence-corrected chi connectivity index (χ4v) is 6.88. The number of amides is 2. The lowest BCUT2D eigenvalue weighted by atomic mass is 9.74. The summed E-state index contributed by atoms with van der Waals surface area (Å²) in [6, 6.07) is 9.74. The number of H-pyrrole nitrogens is 1. The van der Waals surface area contributed by atoms with E-state index < -0.39 is 39.4 Å². The van der Waals surface area contributed by atoms with E-state index in [0.29, 0.717) is 4.31 Å². The van der Waals surface area contributed by atoms with Crippen molar-refractivity contribution in [1.29, 1.82) is 0 Å². The van der Waals surface area contributed by atoms with E-state index in [9.17, 15) is 35.6 Å². The molecule has 220 valence electrons. The van der Waals surface area contributed by atoms with Crippen molar-refractivity contribution in [2.45, 2.75) is 50.1 Å². The summed E-state index contributed by atoms with van der Waals surface area (Å²) in [6.45, 7) is 3.11. The molecule has 0 radical (unpaired) electrons. The summed E-state index contributed by atoms with van der Waals surface area (Å²) < 4.78 is 79.8. The molecule has 13 heteroatoms. The van der Waals surface area contributed by atoms with Crippen molar-refractivity contribution in [3.8, 4) is 0 Å². The predicted molar refractivity (Wildman–Crippen MR) is 145 cm³/mol. The van der Waals surface area contributed by atoms with E-state index in [0.717, 1.165) is 34.7 Å². The molecule has 0 bridgehead atoms. The second-order valence-corrected chi connectivity index (χ2v) is 12.9. The molecule has 2 amide bonds. The molecule has 2 aliphatic rings.